The van der Waals surface area contributed by atoms with Gasteiger partial charge in [-0.2, -0.15) is 0 Å². The van der Waals surface area contributed by atoms with Crippen LogP contribution in [0.3, 0.4) is 0 Å². The van der Waals surface area contributed by atoms with Crippen LogP contribution < -0.4 is 10.9 Å². The Kier molecular flexibility index (Phi) is 5.52. The Balaban J connectivity index is 1.49. The molecule has 1 aromatic carbocycles. The summed E-state index contributed by atoms with van der Waals surface area (Å²) in [6.07, 6.45) is 6.95. The van der Waals surface area contributed by atoms with E-state index in [0.29, 0.717) is 29.5 Å². The van der Waals surface area contributed by atoms with Crippen LogP contribution in [-0.2, 0) is 6.54 Å². The predicted molar refractivity (Wildman–Crippen MR) is 126 cm³/mol. The van der Waals surface area contributed by atoms with Gasteiger partial charge >= 0.3 is 0 Å². The molecular weight excluding hydrogens is 402 g/mol. The molecule has 2 saturated heterocycles. The second-order valence-corrected chi connectivity index (χ2v) is 10.6. The van der Waals surface area contributed by atoms with Crippen molar-refractivity contribution < 1.29 is 9.90 Å². The van der Waals surface area contributed by atoms with Crippen LogP contribution in [-0.4, -0.2) is 38.7 Å². The molecule has 4 bridgehead atoms. The Bertz CT molecular complexity index is 1060. The lowest BCUT2D eigenvalue weighted by Crippen LogP contribution is -2.64. The SMILES string of the molecule is CCC(NC(=O)c1c(O)c2ccccc2n(CC(C)C)c1=O)N1C2CC3CC(C2)CC1C3. The number of amides is 1. The summed E-state index contributed by atoms with van der Waals surface area (Å²) in [4.78, 5) is 29.4. The van der Waals surface area contributed by atoms with Crippen LogP contribution in [0.5, 0.6) is 5.75 Å². The van der Waals surface area contributed by atoms with Crippen molar-refractivity contribution in [2.45, 2.75) is 84.1 Å². The Morgan fingerprint density at radius 1 is 1.09 bits per heavy atom. The normalized spacial score (nSPS) is 27.9. The van der Waals surface area contributed by atoms with Gasteiger partial charge in [-0.25, -0.2) is 0 Å². The molecular formula is C26H35N3O3. The molecule has 2 N–H and O–H groups in total. The molecule has 2 aromatic rings. The van der Waals surface area contributed by atoms with E-state index in [9.17, 15) is 14.7 Å². The van der Waals surface area contributed by atoms with Crippen molar-refractivity contribution in [1.82, 2.24) is 14.8 Å². The monoisotopic (exact) mass is 437 g/mol. The Morgan fingerprint density at radius 2 is 1.72 bits per heavy atom. The molecule has 2 aliphatic carbocycles. The number of hydrogen-bond donors (Lipinski definition) is 2. The first-order valence-corrected chi connectivity index (χ1v) is 12.3. The average molecular weight is 438 g/mol. The highest BCUT2D eigenvalue weighted by Crippen LogP contribution is 2.49. The van der Waals surface area contributed by atoms with Gasteiger partial charge in [-0.15, -0.1) is 0 Å². The molecule has 2 aliphatic heterocycles. The summed E-state index contributed by atoms with van der Waals surface area (Å²) in [6, 6.07) is 8.33. The highest BCUT2D eigenvalue weighted by molar-refractivity contribution is 6.02. The minimum absolute atomic E-state index is 0.110. The molecule has 1 atom stereocenters. The highest BCUT2D eigenvalue weighted by atomic mass is 16.3. The van der Waals surface area contributed by atoms with Crippen molar-refractivity contribution in [3.63, 3.8) is 0 Å². The standard InChI is InChI=1S/C26H35N3O3/c1-4-22(29-18-10-16-9-17(12-18)13-19(29)11-16)27-25(31)23-24(30)20-7-5-6-8-21(20)28(26(23)32)14-15(2)3/h5-8,15-19,22,30H,4,9-14H2,1-3H3,(H,27,31). The number of aromatic nitrogens is 1. The second kappa shape index (κ2) is 8.22. The summed E-state index contributed by atoms with van der Waals surface area (Å²) in [6.45, 7) is 6.67. The van der Waals surface area contributed by atoms with Gasteiger partial charge in [0.15, 0.2) is 0 Å². The maximum Gasteiger partial charge on any atom is 0.267 e. The molecule has 0 spiro atoms. The van der Waals surface area contributed by atoms with Crippen molar-refractivity contribution in [3.05, 3.63) is 40.2 Å². The molecule has 1 aromatic heterocycles. The number of para-hydroxylation sites is 1. The van der Waals surface area contributed by atoms with E-state index in [1.165, 1.54) is 32.1 Å². The first-order valence-electron chi connectivity index (χ1n) is 12.3. The minimum atomic E-state index is -0.462. The quantitative estimate of drug-likeness (QED) is 0.714. The molecule has 1 unspecified atom stereocenters. The molecule has 0 radical (unpaired) electrons. The topological polar surface area (TPSA) is 74.6 Å². The summed E-state index contributed by atoms with van der Waals surface area (Å²) >= 11 is 0. The first-order chi connectivity index (χ1) is 15.4. The van der Waals surface area contributed by atoms with Crippen LogP contribution in [0.25, 0.3) is 10.9 Å². The van der Waals surface area contributed by atoms with Gasteiger partial charge in [0.05, 0.1) is 11.7 Å². The van der Waals surface area contributed by atoms with E-state index in [0.717, 1.165) is 18.3 Å². The molecule has 2 saturated carbocycles. The molecule has 4 aliphatic rings. The average Bonchev–Trinajstić information content (AvgIpc) is 2.75. The fourth-order valence-corrected chi connectivity index (χ4v) is 6.83. The summed E-state index contributed by atoms with van der Waals surface area (Å²) < 4.78 is 1.64. The largest absolute Gasteiger partial charge is 0.506 e. The van der Waals surface area contributed by atoms with Crippen LogP contribution in [0.1, 0.15) is 69.7 Å². The van der Waals surface area contributed by atoms with Gasteiger partial charge in [-0.05, 0) is 68.4 Å². The van der Waals surface area contributed by atoms with Gasteiger partial charge in [0.1, 0.15) is 11.3 Å². The fraction of sp³-hybridized carbons (Fsp3) is 0.615. The lowest BCUT2D eigenvalue weighted by molar-refractivity contribution is -0.0875. The van der Waals surface area contributed by atoms with Crippen LogP contribution in [0.4, 0.5) is 0 Å². The number of carbonyl (C=O) groups is 1. The number of nitrogens with zero attached hydrogens (tertiary/aromatic N) is 2. The minimum Gasteiger partial charge on any atom is -0.506 e. The van der Waals surface area contributed by atoms with Gasteiger partial charge in [0, 0.05) is 24.0 Å². The predicted octanol–water partition coefficient (Wildman–Crippen LogP) is 4.09. The zero-order valence-electron chi connectivity index (χ0n) is 19.4. The summed E-state index contributed by atoms with van der Waals surface area (Å²) in [5.74, 6) is 1.25. The van der Waals surface area contributed by atoms with E-state index in [4.69, 9.17) is 0 Å². The number of carbonyl (C=O) groups excluding carboxylic acids is 1. The Morgan fingerprint density at radius 3 is 2.31 bits per heavy atom. The maximum absolute atomic E-state index is 13.5. The molecule has 32 heavy (non-hydrogen) atoms. The molecule has 3 heterocycles. The van der Waals surface area contributed by atoms with E-state index >= 15 is 0 Å². The zero-order valence-corrected chi connectivity index (χ0v) is 19.4. The highest BCUT2D eigenvalue weighted by Gasteiger charge is 2.49. The smallest absolute Gasteiger partial charge is 0.267 e. The first kappa shape index (κ1) is 21.5. The third-order valence-corrected chi connectivity index (χ3v) is 7.90. The summed E-state index contributed by atoms with van der Waals surface area (Å²) in [5.41, 5.74) is 0.118. The molecule has 6 rings (SSSR count). The number of pyridine rings is 1. The molecule has 172 valence electrons. The van der Waals surface area contributed by atoms with Gasteiger partial charge in [-0.1, -0.05) is 32.9 Å². The van der Waals surface area contributed by atoms with Crippen molar-refractivity contribution in [1.29, 1.82) is 0 Å². The third-order valence-electron chi connectivity index (χ3n) is 7.90. The number of aromatic hydroxyl groups is 1. The number of piperidine rings is 2. The Labute approximate surface area is 189 Å². The third kappa shape index (κ3) is 3.53. The lowest BCUT2D eigenvalue weighted by Gasteiger charge is -2.58. The molecule has 6 heteroatoms. The zero-order chi connectivity index (χ0) is 22.6. The lowest BCUT2D eigenvalue weighted by atomic mass is 9.63. The van der Waals surface area contributed by atoms with E-state index in [1.807, 2.05) is 32.0 Å². The van der Waals surface area contributed by atoms with E-state index in [-0.39, 0.29) is 23.4 Å². The van der Waals surface area contributed by atoms with Crippen LogP contribution in [0.15, 0.2) is 29.1 Å². The molecule has 1 amide bonds. The number of benzene rings is 1. The Hall–Kier alpha value is -2.34. The van der Waals surface area contributed by atoms with Crippen LogP contribution >= 0.6 is 0 Å². The molecule has 4 fully saturated rings. The van der Waals surface area contributed by atoms with Crippen molar-refractivity contribution in [2.24, 2.45) is 17.8 Å². The number of rotatable bonds is 6. The second-order valence-electron chi connectivity index (χ2n) is 10.6. The van der Waals surface area contributed by atoms with Gasteiger partial charge in [0.25, 0.3) is 11.5 Å². The maximum atomic E-state index is 13.5. The van der Waals surface area contributed by atoms with E-state index in [2.05, 4.69) is 17.1 Å². The van der Waals surface area contributed by atoms with E-state index in [1.54, 1.807) is 10.6 Å². The number of nitrogens with one attached hydrogen (secondary N) is 1. The van der Waals surface area contributed by atoms with Crippen molar-refractivity contribution in [2.75, 3.05) is 0 Å². The van der Waals surface area contributed by atoms with Crippen molar-refractivity contribution >= 4 is 16.8 Å². The van der Waals surface area contributed by atoms with E-state index < -0.39 is 11.5 Å². The fourth-order valence-electron chi connectivity index (χ4n) is 6.83. The number of fused-ring (bicyclic) bond motifs is 1. The van der Waals surface area contributed by atoms with Gasteiger partial charge in [-0.3, -0.25) is 14.5 Å². The summed E-state index contributed by atoms with van der Waals surface area (Å²) in [7, 11) is 0. The van der Waals surface area contributed by atoms with Gasteiger partial charge in [0.2, 0.25) is 0 Å². The van der Waals surface area contributed by atoms with Crippen LogP contribution in [0.2, 0.25) is 0 Å². The molecule has 6 nitrogen and oxygen atoms in total. The van der Waals surface area contributed by atoms with Gasteiger partial charge < -0.3 is 15.0 Å². The van der Waals surface area contributed by atoms with Crippen molar-refractivity contribution in [3.8, 4) is 5.75 Å². The number of hydrogen-bond acceptors (Lipinski definition) is 4. The van der Waals surface area contributed by atoms with Crippen LogP contribution in [0, 0.1) is 17.8 Å². The summed E-state index contributed by atoms with van der Waals surface area (Å²) in [5, 5.41) is 14.7.